The zero-order chi connectivity index (χ0) is 17.4. The Morgan fingerprint density at radius 1 is 1.24 bits per heavy atom. The molecule has 3 aromatic rings. The monoisotopic (exact) mass is 356 g/mol. The van der Waals surface area contributed by atoms with E-state index in [1.807, 2.05) is 43.3 Å². The molecule has 2 aromatic carbocycles. The van der Waals surface area contributed by atoms with Crippen LogP contribution in [0, 0.1) is 0 Å². The average Bonchev–Trinajstić information content (AvgIpc) is 3.25. The van der Waals surface area contributed by atoms with E-state index in [9.17, 15) is 4.79 Å². The Morgan fingerprint density at radius 3 is 2.92 bits per heavy atom. The Bertz CT molecular complexity index is 928. The largest absolute Gasteiger partial charge is 0.464 e. The number of aromatic amines is 1. The zero-order valence-corrected chi connectivity index (χ0v) is 14.9. The van der Waals surface area contributed by atoms with Crippen molar-refractivity contribution >= 4 is 39.4 Å². The lowest BCUT2D eigenvalue weighted by molar-refractivity contribution is -0.145. The smallest absolute Gasteiger partial charge is 0.313 e. The molecule has 0 bridgehead atoms. The van der Waals surface area contributed by atoms with Gasteiger partial charge in [-0.2, -0.15) is 0 Å². The number of H-pyrrole nitrogens is 1. The van der Waals surface area contributed by atoms with E-state index in [1.165, 1.54) is 0 Å². The Kier molecular flexibility index (Phi) is 4.40. The number of halogens is 1. The lowest BCUT2D eigenvalue weighted by Gasteiger charge is -2.15. The summed E-state index contributed by atoms with van der Waals surface area (Å²) in [6.45, 7) is 3.36. The van der Waals surface area contributed by atoms with Crippen molar-refractivity contribution in [2.24, 2.45) is 0 Å². The molecule has 130 valence electrons. The number of aromatic nitrogens is 1. The Morgan fingerprint density at radius 2 is 2.12 bits per heavy atom. The van der Waals surface area contributed by atoms with Crippen LogP contribution < -0.4 is 5.32 Å². The first-order valence-corrected chi connectivity index (χ1v) is 9.10. The summed E-state index contributed by atoms with van der Waals surface area (Å²) in [7, 11) is 0. The normalized spacial score (nSPS) is 18.7. The summed E-state index contributed by atoms with van der Waals surface area (Å²) in [5.74, 6) is -0.465. The van der Waals surface area contributed by atoms with Gasteiger partial charge in [-0.25, -0.2) is 0 Å². The first kappa shape index (κ1) is 16.4. The molecule has 5 heteroatoms. The number of hydrogen-bond donors (Lipinski definition) is 2. The van der Waals surface area contributed by atoms with Crippen molar-refractivity contribution < 1.29 is 9.53 Å². The van der Waals surface area contributed by atoms with Crippen molar-refractivity contribution in [2.45, 2.75) is 31.7 Å². The summed E-state index contributed by atoms with van der Waals surface area (Å²) in [4.78, 5) is 15.8. The van der Waals surface area contributed by atoms with Crippen LogP contribution in [0.25, 0.3) is 21.8 Å². The standard InChI is InChI=1S/C20H21ClN2O2/c1-12(20(24)25-11-15-3-2-8-22-15)13-4-6-16-17-10-14(21)5-7-18(17)23-19(16)9-13/h4-7,9-10,12,15,22-23H,2-3,8,11H2,1H3. The van der Waals surface area contributed by atoms with Crippen LogP contribution in [0.5, 0.6) is 0 Å². The summed E-state index contributed by atoms with van der Waals surface area (Å²) >= 11 is 6.11. The molecular formula is C20H21ClN2O2. The molecule has 1 aromatic heterocycles. The van der Waals surface area contributed by atoms with Crippen molar-refractivity contribution in [1.29, 1.82) is 0 Å². The molecule has 4 nitrogen and oxygen atoms in total. The number of benzene rings is 2. The Balaban J connectivity index is 1.55. The van der Waals surface area contributed by atoms with Gasteiger partial charge in [-0.3, -0.25) is 4.79 Å². The Labute approximate surface area is 151 Å². The summed E-state index contributed by atoms with van der Waals surface area (Å²) in [6.07, 6.45) is 2.23. The topological polar surface area (TPSA) is 54.1 Å². The molecule has 1 saturated heterocycles. The molecular weight excluding hydrogens is 336 g/mol. The van der Waals surface area contributed by atoms with E-state index in [0.717, 1.165) is 51.8 Å². The molecule has 2 unspecified atom stereocenters. The quantitative estimate of drug-likeness (QED) is 0.682. The van der Waals surface area contributed by atoms with E-state index < -0.39 is 0 Å². The number of hydrogen-bond acceptors (Lipinski definition) is 3. The van der Waals surface area contributed by atoms with Crippen molar-refractivity contribution in [3.63, 3.8) is 0 Å². The summed E-state index contributed by atoms with van der Waals surface area (Å²) in [6, 6.07) is 12.2. The van der Waals surface area contributed by atoms with Gasteiger partial charge in [-0.05, 0) is 56.1 Å². The fourth-order valence-corrected chi connectivity index (χ4v) is 3.68. The van der Waals surface area contributed by atoms with Crippen LogP contribution in [0.15, 0.2) is 36.4 Å². The highest BCUT2D eigenvalue weighted by molar-refractivity contribution is 6.31. The molecule has 0 aliphatic carbocycles. The number of fused-ring (bicyclic) bond motifs is 3. The fourth-order valence-electron chi connectivity index (χ4n) is 3.51. The lowest BCUT2D eigenvalue weighted by atomic mass is 9.99. The van der Waals surface area contributed by atoms with E-state index in [4.69, 9.17) is 16.3 Å². The molecule has 0 radical (unpaired) electrons. The highest BCUT2D eigenvalue weighted by Gasteiger charge is 2.21. The number of carbonyl (C=O) groups excluding carboxylic acids is 1. The SMILES string of the molecule is CC(C(=O)OCC1CCCN1)c1ccc2c(c1)[nH]c1ccc(Cl)cc12. The van der Waals surface area contributed by atoms with Gasteiger partial charge < -0.3 is 15.0 Å². The second-order valence-corrected chi connectivity index (χ2v) is 7.20. The van der Waals surface area contributed by atoms with Gasteiger partial charge in [-0.1, -0.05) is 23.7 Å². The second kappa shape index (κ2) is 6.70. The maximum atomic E-state index is 12.4. The molecule has 25 heavy (non-hydrogen) atoms. The lowest BCUT2D eigenvalue weighted by Crippen LogP contribution is -2.29. The summed E-state index contributed by atoms with van der Waals surface area (Å²) in [5, 5.41) is 6.26. The summed E-state index contributed by atoms with van der Waals surface area (Å²) < 4.78 is 5.50. The number of carbonyl (C=O) groups is 1. The summed E-state index contributed by atoms with van der Waals surface area (Å²) in [5.41, 5.74) is 3.00. The number of nitrogens with one attached hydrogen (secondary N) is 2. The zero-order valence-electron chi connectivity index (χ0n) is 14.1. The fraction of sp³-hybridized carbons (Fsp3) is 0.350. The highest BCUT2D eigenvalue weighted by atomic mass is 35.5. The van der Waals surface area contributed by atoms with Gasteiger partial charge in [-0.15, -0.1) is 0 Å². The van der Waals surface area contributed by atoms with E-state index in [0.29, 0.717) is 12.6 Å². The van der Waals surface area contributed by atoms with E-state index >= 15 is 0 Å². The third kappa shape index (κ3) is 3.24. The molecule has 0 spiro atoms. The molecule has 1 fully saturated rings. The van der Waals surface area contributed by atoms with Gasteiger partial charge in [0.05, 0.1) is 5.92 Å². The molecule has 0 saturated carbocycles. The highest BCUT2D eigenvalue weighted by Crippen LogP contribution is 2.30. The van der Waals surface area contributed by atoms with Gasteiger partial charge in [0.1, 0.15) is 6.61 Å². The van der Waals surface area contributed by atoms with Crippen molar-refractivity contribution in [3.05, 3.63) is 47.0 Å². The van der Waals surface area contributed by atoms with Crippen LogP contribution >= 0.6 is 11.6 Å². The minimum absolute atomic E-state index is 0.174. The maximum Gasteiger partial charge on any atom is 0.313 e. The van der Waals surface area contributed by atoms with Crippen molar-refractivity contribution in [1.82, 2.24) is 10.3 Å². The van der Waals surface area contributed by atoms with Gasteiger partial charge in [0.25, 0.3) is 0 Å². The van der Waals surface area contributed by atoms with Gasteiger partial charge in [0.2, 0.25) is 0 Å². The van der Waals surface area contributed by atoms with Gasteiger partial charge >= 0.3 is 5.97 Å². The second-order valence-electron chi connectivity index (χ2n) is 6.76. The van der Waals surface area contributed by atoms with Crippen LogP contribution in [-0.2, 0) is 9.53 Å². The molecule has 2 heterocycles. The molecule has 4 rings (SSSR count). The number of esters is 1. The molecule has 2 atom stereocenters. The van der Waals surface area contributed by atoms with Crippen LogP contribution in [0.2, 0.25) is 5.02 Å². The van der Waals surface area contributed by atoms with Crippen LogP contribution in [0.1, 0.15) is 31.2 Å². The van der Waals surface area contributed by atoms with E-state index in [-0.39, 0.29) is 11.9 Å². The third-order valence-electron chi connectivity index (χ3n) is 5.03. The van der Waals surface area contributed by atoms with Gasteiger partial charge in [0.15, 0.2) is 0 Å². The maximum absolute atomic E-state index is 12.4. The third-order valence-corrected chi connectivity index (χ3v) is 5.26. The predicted octanol–water partition coefficient (Wildman–Crippen LogP) is 4.37. The van der Waals surface area contributed by atoms with Crippen LogP contribution in [-0.4, -0.2) is 30.1 Å². The number of ether oxygens (including phenoxy) is 1. The van der Waals surface area contributed by atoms with Gasteiger partial charge in [0, 0.05) is 32.9 Å². The predicted molar refractivity (Wildman–Crippen MR) is 101 cm³/mol. The Hall–Kier alpha value is -2.04. The van der Waals surface area contributed by atoms with Crippen molar-refractivity contribution in [3.8, 4) is 0 Å². The first-order chi connectivity index (χ1) is 12.1. The molecule has 0 amide bonds. The molecule has 2 N–H and O–H groups in total. The minimum Gasteiger partial charge on any atom is -0.464 e. The number of rotatable bonds is 4. The van der Waals surface area contributed by atoms with E-state index in [2.05, 4.69) is 10.3 Å². The molecule has 1 aliphatic heterocycles. The van der Waals surface area contributed by atoms with E-state index in [1.54, 1.807) is 0 Å². The minimum atomic E-state index is -0.291. The van der Waals surface area contributed by atoms with Crippen molar-refractivity contribution in [2.75, 3.05) is 13.2 Å². The molecule has 1 aliphatic rings. The average molecular weight is 357 g/mol. The van der Waals surface area contributed by atoms with Crippen LogP contribution in [0.3, 0.4) is 0 Å². The first-order valence-electron chi connectivity index (χ1n) is 8.73. The van der Waals surface area contributed by atoms with Crippen LogP contribution in [0.4, 0.5) is 0 Å².